The summed E-state index contributed by atoms with van der Waals surface area (Å²) in [5.74, 6) is -0.0930. The van der Waals surface area contributed by atoms with Gasteiger partial charge in [-0.05, 0) is 49.7 Å². The number of benzene rings is 2. The highest BCUT2D eigenvalue weighted by atomic mass is 35.5. The van der Waals surface area contributed by atoms with E-state index in [2.05, 4.69) is 10.1 Å². The number of nitrogens with one attached hydrogen (secondary N) is 1. The van der Waals surface area contributed by atoms with Crippen molar-refractivity contribution in [1.82, 2.24) is 0 Å². The molecule has 1 N–H and O–H groups in total. The van der Waals surface area contributed by atoms with Crippen LogP contribution in [0, 0.1) is 6.92 Å². The Labute approximate surface area is 143 Å². The molecule has 0 fully saturated rings. The normalized spacial score (nSPS) is 11.9. The Bertz CT molecular complexity index is 725. The number of hydrogen-bond acceptors (Lipinski definition) is 3. The van der Waals surface area contributed by atoms with Gasteiger partial charge in [-0.25, -0.2) is 0 Å². The maximum absolute atomic E-state index is 12.4. The molecule has 0 aromatic heterocycles. The van der Waals surface area contributed by atoms with Gasteiger partial charge in [-0.2, -0.15) is 8.78 Å². The van der Waals surface area contributed by atoms with Crippen LogP contribution >= 0.6 is 11.6 Å². The monoisotopic (exact) mass is 355 g/mol. The minimum Gasteiger partial charge on any atom is -0.481 e. The fourth-order valence-corrected chi connectivity index (χ4v) is 2.22. The van der Waals surface area contributed by atoms with E-state index in [0.29, 0.717) is 10.8 Å². The van der Waals surface area contributed by atoms with Crippen LogP contribution in [0.3, 0.4) is 0 Å². The highest BCUT2D eigenvalue weighted by molar-refractivity contribution is 6.30. The molecule has 24 heavy (non-hydrogen) atoms. The minimum atomic E-state index is -2.98. The summed E-state index contributed by atoms with van der Waals surface area (Å²) in [5.41, 5.74) is 0.926. The second kappa shape index (κ2) is 7.97. The van der Waals surface area contributed by atoms with Crippen LogP contribution in [0.1, 0.15) is 12.5 Å². The van der Waals surface area contributed by atoms with E-state index in [9.17, 15) is 13.6 Å². The van der Waals surface area contributed by atoms with Gasteiger partial charge in [-0.15, -0.1) is 0 Å². The number of para-hydroxylation sites is 2. The highest BCUT2D eigenvalue weighted by Crippen LogP contribution is 2.26. The molecule has 0 saturated carbocycles. The average molecular weight is 356 g/mol. The molecule has 0 aliphatic rings. The number of carbonyl (C=O) groups is 1. The number of amides is 1. The molecule has 0 radical (unpaired) electrons. The summed E-state index contributed by atoms with van der Waals surface area (Å²) >= 11 is 5.87. The van der Waals surface area contributed by atoms with Crippen LogP contribution in [0.15, 0.2) is 42.5 Å². The molecule has 4 nitrogen and oxygen atoms in total. The number of rotatable bonds is 6. The fraction of sp³-hybridized carbons (Fsp3) is 0.235. The Morgan fingerprint density at radius 1 is 1.12 bits per heavy atom. The predicted octanol–water partition coefficient (Wildman–Crippen LogP) is 4.66. The topological polar surface area (TPSA) is 47.6 Å². The van der Waals surface area contributed by atoms with Crippen LogP contribution in [0.4, 0.5) is 14.5 Å². The van der Waals surface area contributed by atoms with E-state index in [1.54, 1.807) is 38.1 Å². The van der Waals surface area contributed by atoms with Crippen molar-refractivity contribution >= 4 is 23.2 Å². The smallest absolute Gasteiger partial charge is 0.387 e. The molecule has 0 saturated heterocycles. The van der Waals surface area contributed by atoms with E-state index in [-0.39, 0.29) is 11.4 Å². The molecule has 2 aromatic carbocycles. The first-order valence-electron chi connectivity index (χ1n) is 7.14. The lowest BCUT2D eigenvalue weighted by Crippen LogP contribution is -2.30. The van der Waals surface area contributed by atoms with Gasteiger partial charge in [0.05, 0.1) is 5.69 Å². The van der Waals surface area contributed by atoms with Crippen molar-refractivity contribution in [3.63, 3.8) is 0 Å². The second-order valence-corrected chi connectivity index (χ2v) is 5.47. The maximum Gasteiger partial charge on any atom is 0.387 e. The summed E-state index contributed by atoms with van der Waals surface area (Å²) in [6.45, 7) is 0.380. The quantitative estimate of drug-likeness (QED) is 0.820. The van der Waals surface area contributed by atoms with Crippen LogP contribution in [-0.2, 0) is 4.79 Å². The Morgan fingerprint density at radius 2 is 1.83 bits per heavy atom. The van der Waals surface area contributed by atoms with Crippen molar-refractivity contribution in [3.8, 4) is 11.5 Å². The van der Waals surface area contributed by atoms with Gasteiger partial charge in [0, 0.05) is 5.02 Å². The predicted molar refractivity (Wildman–Crippen MR) is 88.0 cm³/mol. The number of alkyl halides is 2. The number of aryl methyl sites for hydroxylation is 1. The lowest BCUT2D eigenvalue weighted by Gasteiger charge is -2.17. The van der Waals surface area contributed by atoms with E-state index >= 15 is 0 Å². The van der Waals surface area contributed by atoms with Crippen molar-refractivity contribution in [2.75, 3.05) is 5.32 Å². The zero-order chi connectivity index (χ0) is 17.7. The summed E-state index contributed by atoms with van der Waals surface area (Å²) in [7, 11) is 0. The van der Waals surface area contributed by atoms with Crippen molar-refractivity contribution in [3.05, 3.63) is 53.1 Å². The highest BCUT2D eigenvalue weighted by Gasteiger charge is 2.18. The summed E-state index contributed by atoms with van der Waals surface area (Å²) in [6, 6.07) is 11.0. The summed E-state index contributed by atoms with van der Waals surface area (Å²) in [5, 5.41) is 3.08. The van der Waals surface area contributed by atoms with Gasteiger partial charge in [0.15, 0.2) is 6.10 Å². The zero-order valence-corrected chi connectivity index (χ0v) is 13.8. The van der Waals surface area contributed by atoms with Gasteiger partial charge in [-0.3, -0.25) is 4.79 Å². The SMILES string of the molecule is Cc1cc(Cl)ccc1OC(C)C(=O)Nc1ccccc1OC(F)F. The molecule has 0 heterocycles. The van der Waals surface area contributed by atoms with Crippen molar-refractivity contribution < 1.29 is 23.0 Å². The molecule has 7 heteroatoms. The summed E-state index contributed by atoms with van der Waals surface area (Å²) in [4.78, 5) is 12.2. The fourth-order valence-electron chi connectivity index (χ4n) is 1.99. The van der Waals surface area contributed by atoms with Crippen LogP contribution in [-0.4, -0.2) is 18.6 Å². The van der Waals surface area contributed by atoms with Gasteiger partial charge in [0.1, 0.15) is 11.5 Å². The van der Waals surface area contributed by atoms with Crippen molar-refractivity contribution in [2.24, 2.45) is 0 Å². The lowest BCUT2D eigenvalue weighted by molar-refractivity contribution is -0.122. The number of halogens is 3. The van der Waals surface area contributed by atoms with E-state index < -0.39 is 18.6 Å². The first-order chi connectivity index (χ1) is 11.4. The van der Waals surface area contributed by atoms with E-state index in [1.165, 1.54) is 18.2 Å². The molecule has 2 rings (SSSR count). The van der Waals surface area contributed by atoms with Gasteiger partial charge >= 0.3 is 6.61 Å². The van der Waals surface area contributed by atoms with E-state index in [0.717, 1.165) is 5.56 Å². The molecule has 0 spiro atoms. The lowest BCUT2D eigenvalue weighted by atomic mass is 10.2. The Hall–Kier alpha value is -2.34. The Morgan fingerprint density at radius 3 is 2.50 bits per heavy atom. The third kappa shape index (κ3) is 4.83. The Balaban J connectivity index is 2.06. The molecule has 0 bridgehead atoms. The maximum atomic E-state index is 12.4. The molecule has 1 amide bonds. The van der Waals surface area contributed by atoms with Gasteiger partial charge < -0.3 is 14.8 Å². The Kier molecular flexibility index (Phi) is 5.98. The van der Waals surface area contributed by atoms with Crippen LogP contribution in [0.2, 0.25) is 5.02 Å². The number of hydrogen-bond donors (Lipinski definition) is 1. The van der Waals surface area contributed by atoms with Crippen LogP contribution < -0.4 is 14.8 Å². The molecule has 1 unspecified atom stereocenters. The zero-order valence-electron chi connectivity index (χ0n) is 13.1. The molecule has 0 aliphatic carbocycles. The third-order valence-corrected chi connectivity index (χ3v) is 3.41. The van der Waals surface area contributed by atoms with E-state index in [4.69, 9.17) is 16.3 Å². The molecular formula is C17H16ClF2NO3. The summed E-state index contributed by atoms with van der Waals surface area (Å²) < 4.78 is 34.7. The largest absolute Gasteiger partial charge is 0.481 e. The minimum absolute atomic E-state index is 0.115. The molecular weight excluding hydrogens is 340 g/mol. The number of anilines is 1. The van der Waals surface area contributed by atoms with E-state index in [1.807, 2.05) is 0 Å². The molecule has 1 atom stereocenters. The van der Waals surface area contributed by atoms with Crippen LogP contribution in [0.25, 0.3) is 0 Å². The standard InChI is InChI=1S/C17H16ClF2NO3/c1-10-9-12(18)7-8-14(10)23-11(2)16(22)21-13-5-3-4-6-15(13)24-17(19)20/h3-9,11,17H,1-2H3,(H,21,22). The van der Waals surface area contributed by atoms with Crippen molar-refractivity contribution in [1.29, 1.82) is 0 Å². The first kappa shape index (κ1) is 18.0. The van der Waals surface area contributed by atoms with Gasteiger partial charge in [0.2, 0.25) is 0 Å². The number of ether oxygens (including phenoxy) is 2. The summed E-state index contributed by atoms with van der Waals surface area (Å²) in [6.07, 6.45) is -0.843. The van der Waals surface area contributed by atoms with Gasteiger partial charge in [0.25, 0.3) is 5.91 Å². The average Bonchev–Trinajstić information content (AvgIpc) is 2.51. The van der Waals surface area contributed by atoms with Crippen molar-refractivity contribution in [2.45, 2.75) is 26.6 Å². The van der Waals surface area contributed by atoms with Crippen LogP contribution in [0.5, 0.6) is 11.5 Å². The first-order valence-corrected chi connectivity index (χ1v) is 7.52. The molecule has 128 valence electrons. The second-order valence-electron chi connectivity index (χ2n) is 5.03. The molecule has 2 aromatic rings. The number of carbonyl (C=O) groups excluding carboxylic acids is 1. The van der Waals surface area contributed by atoms with Gasteiger partial charge in [-0.1, -0.05) is 23.7 Å². The third-order valence-electron chi connectivity index (χ3n) is 3.17. The molecule has 0 aliphatic heterocycles.